The van der Waals surface area contributed by atoms with Crippen LogP contribution in [0.15, 0.2) is 54.4 Å². The Morgan fingerprint density at radius 3 is 2.55 bits per heavy atom. The van der Waals surface area contributed by atoms with Crippen molar-refractivity contribution >= 4 is 5.82 Å². The second-order valence-electron chi connectivity index (χ2n) is 6.60. The normalized spacial score (nSPS) is 16.9. The van der Waals surface area contributed by atoms with Gasteiger partial charge >= 0.3 is 0 Å². The van der Waals surface area contributed by atoms with Crippen LogP contribution in [0.4, 0.5) is 5.82 Å². The van der Waals surface area contributed by atoms with E-state index in [0.717, 1.165) is 35.5 Å². The number of nitrogens with zero attached hydrogens (tertiary/aromatic N) is 1. The molecule has 0 saturated heterocycles. The number of hydrogen-bond donors (Lipinski definition) is 1. The molecular formula is C19H22N2O. The third-order valence-corrected chi connectivity index (χ3v) is 4.18. The maximum absolute atomic E-state index is 5.98. The first-order valence-electron chi connectivity index (χ1n) is 7.71. The van der Waals surface area contributed by atoms with Gasteiger partial charge in [0.15, 0.2) is 0 Å². The molecule has 1 heterocycles. The molecular weight excluding hydrogens is 272 g/mol. The molecule has 2 aromatic rings. The average Bonchev–Trinajstić information content (AvgIpc) is 2.51. The Labute approximate surface area is 131 Å². The fourth-order valence-electron chi connectivity index (χ4n) is 2.66. The Hall–Kier alpha value is -2.29. The van der Waals surface area contributed by atoms with Gasteiger partial charge in [-0.3, -0.25) is 0 Å². The fourth-order valence-corrected chi connectivity index (χ4v) is 2.66. The summed E-state index contributed by atoms with van der Waals surface area (Å²) < 4.78 is 5.98. The molecule has 3 nitrogen and oxygen atoms in total. The zero-order valence-corrected chi connectivity index (χ0v) is 13.2. The summed E-state index contributed by atoms with van der Waals surface area (Å²) in [6.07, 6.45) is 7.17. The number of nitrogen functional groups attached to an aromatic ring is 1. The van der Waals surface area contributed by atoms with Gasteiger partial charge in [0.2, 0.25) is 0 Å². The van der Waals surface area contributed by atoms with E-state index in [2.05, 4.69) is 24.9 Å². The lowest BCUT2D eigenvalue weighted by atomic mass is 9.80. The molecule has 1 aliphatic carbocycles. The van der Waals surface area contributed by atoms with Crippen LogP contribution in [-0.2, 0) is 0 Å². The smallest absolute Gasteiger partial charge is 0.131 e. The van der Waals surface area contributed by atoms with Crippen LogP contribution in [0, 0.1) is 5.41 Å². The lowest BCUT2D eigenvalue weighted by Gasteiger charge is -2.28. The van der Waals surface area contributed by atoms with Gasteiger partial charge in [0, 0.05) is 18.2 Å². The van der Waals surface area contributed by atoms with Gasteiger partial charge in [0.05, 0.1) is 0 Å². The molecule has 0 bridgehead atoms. The molecule has 114 valence electrons. The largest absolute Gasteiger partial charge is 0.462 e. The van der Waals surface area contributed by atoms with Crippen molar-refractivity contribution in [2.24, 2.45) is 5.41 Å². The lowest BCUT2D eigenvalue weighted by Crippen LogP contribution is -2.16. The highest BCUT2D eigenvalue weighted by atomic mass is 16.5. The molecule has 22 heavy (non-hydrogen) atoms. The number of hydrogen-bond acceptors (Lipinski definition) is 3. The van der Waals surface area contributed by atoms with Gasteiger partial charge in [-0.1, -0.05) is 26.0 Å². The molecule has 0 spiro atoms. The van der Waals surface area contributed by atoms with Crippen LogP contribution in [0.5, 0.6) is 5.75 Å². The van der Waals surface area contributed by atoms with Gasteiger partial charge < -0.3 is 10.5 Å². The van der Waals surface area contributed by atoms with Crippen LogP contribution >= 0.6 is 0 Å². The van der Waals surface area contributed by atoms with Crippen LogP contribution in [0.25, 0.3) is 11.1 Å². The summed E-state index contributed by atoms with van der Waals surface area (Å²) in [5.74, 6) is 2.50. The average molecular weight is 294 g/mol. The van der Waals surface area contributed by atoms with Crippen molar-refractivity contribution < 1.29 is 4.74 Å². The van der Waals surface area contributed by atoms with Gasteiger partial charge in [-0.2, -0.15) is 0 Å². The zero-order valence-electron chi connectivity index (χ0n) is 13.2. The van der Waals surface area contributed by atoms with Crippen molar-refractivity contribution in [2.45, 2.75) is 33.1 Å². The molecule has 3 rings (SSSR count). The topological polar surface area (TPSA) is 48.1 Å². The van der Waals surface area contributed by atoms with Gasteiger partial charge in [0.1, 0.15) is 17.3 Å². The first kappa shape index (κ1) is 14.6. The van der Waals surface area contributed by atoms with E-state index in [0.29, 0.717) is 11.2 Å². The van der Waals surface area contributed by atoms with Gasteiger partial charge in [-0.15, -0.1) is 0 Å². The monoisotopic (exact) mass is 294 g/mol. The van der Waals surface area contributed by atoms with E-state index in [9.17, 15) is 0 Å². The number of allylic oxidation sites excluding steroid dienone is 2. The van der Waals surface area contributed by atoms with Crippen molar-refractivity contribution in [3.63, 3.8) is 0 Å². The van der Waals surface area contributed by atoms with E-state index in [-0.39, 0.29) is 0 Å². The number of pyridine rings is 1. The molecule has 0 fully saturated rings. The second-order valence-corrected chi connectivity index (χ2v) is 6.60. The molecule has 0 amide bonds. The minimum absolute atomic E-state index is 0.397. The third-order valence-electron chi connectivity index (χ3n) is 4.18. The summed E-state index contributed by atoms with van der Waals surface area (Å²) >= 11 is 0. The van der Waals surface area contributed by atoms with E-state index in [1.54, 1.807) is 6.20 Å². The Bertz CT molecular complexity index is 687. The SMILES string of the molecule is CC1(C)CC=C(Oc2ccc(-c3cccnc3N)cc2)CC1. The van der Waals surface area contributed by atoms with E-state index in [1.807, 2.05) is 36.4 Å². The summed E-state index contributed by atoms with van der Waals surface area (Å²) in [7, 11) is 0. The maximum Gasteiger partial charge on any atom is 0.131 e. The van der Waals surface area contributed by atoms with E-state index < -0.39 is 0 Å². The minimum atomic E-state index is 0.397. The number of ether oxygens (including phenoxy) is 1. The number of aromatic nitrogens is 1. The molecule has 0 aliphatic heterocycles. The quantitative estimate of drug-likeness (QED) is 0.884. The molecule has 1 aromatic heterocycles. The molecule has 3 heteroatoms. The molecule has 0 saturated carbocycles. The zero-order chi connectivity index (χ0) is 15.6. The number of rotatable bonds is 3. The number of nitrogens with two attached hydrogens (primary N) is 1. The molecule has 0 radical (unpaired) electrons. The highest BCUT2D eigenvalue weighted by Gasteiger charge is 2.22. The fraction of sp³-hybridized carbons (Fsp3) is 0.316. The van der Waals surface area contributed by atoms with Crippen LogP contribution < -0.4 is 10.5 Å². The van der Waals surface area contributed by atoms with E-state index in [1.165, 1.54) is 6.42 Å². The standard InChI is InChI=1S/C19H22N2O/c1-19(2)11-9-16(10-12-19)22-15-7-5-14(6-8-15)17-4-3-13-21-18(17)20/h3-9,13H,10-12H2,1-2H3,(H2,20,21). The van der Waals surface area contributed by atoms with Crippen molar-refractivity contribution in [3.05, 3.63) is 54.4 Å². The number of anilines is 1. The number of benzene rings is 1. The van der Waals surface area contributed by atoms with E-state index >= 15 is 0 Å². The summed E-state index contributed by atoms with van der Waals surface area (Å²) in [6, 6.07) is 11.9. The highest BCUT2D eigenvalue weighted by Crippen LogP contribution is 2.35. The van der Waals surface area contributed by atoms with Crippen molar-refractivity contribution in [3.8, 4) is 16.9 Å². The first-order valence-corrected chi connectivity index (χ1v) is 7.71. The Kier molecular flexibility index (Phi) is 3.88. The molecule has 0 unspecified atom stereocenters. The van der Waals surface area contributed by atoms with Crippen molar-refractivity contribution in [1.29, 1.82) is 0 Å². The molecule has 2 N–H and O–H groups in total. The predicted molar refractivity (Wildman–Crippen MR) is 90.4 cm³/mol. The van der Waals surface area contributed by atoms with Crippen molar-refractivity contribution in [1.82, 2.24) is 4.98 Å². The van der Waals surface area contributed by atoms with Gasteiger partial charge in [0.25, 0.3) is 0 Å². The Morgan fingerprint density at radius 2 is 1.91 bits per heavy atom. The van der Waals surface area contributed by atoms with Gasteiger partial charge in [-0.05, 0) is 54.2 Å². The summed E-state index contributed by atoms with van der Waals surface area (Å²) in [5.41, 5.74) is 8.32. The van der Waals surface area contributed by atoms with Crippen LogP contribution in [0.3, 0.4) is 0 Å². The van der Waals surface area contributed by atoms with E-state index in [4.69, 9.17) is 10.5 Å². The Morgan fingerprint density at radius 1 is 1.14 bits per heavy atom. The maximum atomic E-state index is 5.98. The van der Waals surface area contributed by atoms with Crippen LogP contribution in [-0.4, -0.2) is 4.98 Å². The summed E-state index contributed by atoms with van der Waals surface area (Å²) in [4.78, 5) is 4.12. The predicted octanol–water partition coefficient (Wildman–Crippen LogP) is 4.80. The summed E-state index contributed by atoms with van der Waals surface area (Å²) in [5, 5.41) is 0. The van der Waals surface area contributed by atoms with Gasteiger partial charge in [-0.25, -0.2) is 4.98 Å². The lowest BCUT2D eigenvalue weighted by molar-refractivity contribution is 0.278. The van der Waals surface area contributed by atoms with Crippen molar-refractivity contribution in [2.75, 3.05) is 5.73 Å². The molecule has 1 aliphatic rings. The molecule has 1 aromatic carbocycles. The minimum Gasteiger partial charge on any atom is -0.462 e. The third kappa shape index (κ3) is 3.30. The van der Waals surface area contributed by atoms with Crippen LogP contribution in [0.2, 0.25) is 0 Å². The first-order chi connectivity index (χ1) is 10.5. The molecule has 0 atom stereocenters. The highest BCUT2D eigenvalue weighted by molar-refractivity contribution is 5.73. The Balaban J connectivity index is 1.73. The summed E-state index contributed by atoms with van der Waals surface area (Å²) in [6.45, 7) is 4.60. The van der Waals surface area contributed by atoms with Crippen LogP contribution in [0.1, 0.15) is 33.1 Å². The second kappa shape index (κ2) is 5.84.